The second-order valence-corrected chi connectivity index (χ2v) is 9.11. The molecule has 1 aliphatic rings. The fourth-order valence-electron chi connectivity index (χ4n) is 4.63. The van der Waals surface area contributed by atoms with Crippen LogP contribution in [0, 0.1) is 0 Å². The first-order chi connectivity index (χ1) is 15.6. The van der Waals surface area contributed by atoms with Crippen LogP contribution in [0.1, 0.15) is 35.6 Å². The van der Waals surface area contributed by atoms with Crippen LogP contribution in [0.2, 0.25) is 0 Å². The zero-order valence-corrected chi connectivity index (χ0v) is 18.4. The number of thiophene rings is 1. The summed E-state index contributed by atoms with van der Waals surface area (Å²) in [6, 6.07) is 12.5. The second-order valence-electron chi connectivity index (χ2n) is 7.97. The lowest BCUT2D eigenvalue weighted by molar-refractivity contribution is -0.254. The van der Waals surface area contributed by atoms with Crippen LogP contribution in [-0.4, -0.2) is 17.8 Å². The van der Waals surface area contributed by atoms with Crippen molar-refractivity contribution in [2.45, 2.75) is 44.5 Å². The van der Waals surface area contributed by atoms with Crippen LogP contribution in [0.5, 0.6) is 0 Å². The number of furan rings is 1. The SMILES string of the molecule is CCc1oc2ccccc2c1C1=C(c2c(CC)sc3ccccc23)C(F)(F)C(F)(F)C1(F)F. The third-order valence-electron chi connectivity index (χ3n) is 6.15. The highest BCUT2D eigenvalue weighted by Crippen LogP contribution is 2.66. The lowest BCUT2D eigenvalue weighted by Crippen LogP contribution is -2.49. The maximum Gasteiger partial charge on any atom is 0.380 e. The predicted molar refractivity (Wildman–Crippen MR) is 118 cm³/mol. The number of alkyl halides is 6. The maximum atomic E-state index is 15.5. The summed E-state index contributed by atoms with van der Waals surface area (Å²) in [7, 11) is 0. The number of allylic oxidation sites excluding steroid dienone is 2. The molecule has 0 atom stereocenters. The molecule has 2 aromatic carbocycles. The highest BCUT2D eigenvalue weighted by atomic mass is 32.1. The van der Waals surface area contributed by atoms with E-state index in [0.717, 1.165) is 11.3 Å². The Kier molecular flexibility index (Phi) is 4.77. The van der Waals surface area contributed by atoms with Crippen LogP contribution < -0.4 is 0 Å². The zero-order valence-electron chi connectivity index (χ0n) is 17.6. The molecule has 33 heavy (non-hydrogen) atoms. The quantitative estimate of drug-likeness (QED) is 0.267. The van der Waals surface area contributed by atoms with Gasteiger partial charge in [-0.05, 0) is 18.6 Å². The van der Waals surface area contributed by atoms with E-state index in [-0.39, 0.29) is 46.1 Å². The number of fused-ring (bicyclic) bond motifs is 2. The average molecular weight is 480 g/mol. The van der Waals surface area contributed by atoms with Crippen molar-refractivity contribution in [3.8, 4) is 0 Å². The Labute approximate surface area is 189 Å². The van der Waals surface area contributed by atoms with Gasteiger partial charge < -0.3 is 4.42 Å². The van der Waals surface area contributed by atoms with Crippen molar-refractivity contribution >= 4 is 43.5 Å². The van der Waals surface area contributed by atoms with Gasteiger partial charge in [-0.25, -0.2) is 0 Å². The average Bonchev–Trinajstić information content (AvgIpc) is 3.36. The van der Waals surface area contributed by atoms with Crippen molar-refractivity contribution in [1.29, 1.82) is 0 Å². The summed E-state index contributed by atoms with van der Waals surface area (Å²) >= 11 is 1.14. The van der Waals surface area contributed by atoms with E-state index >= 15 is 17.6 Å². The molecule has 1 nitrogen and oxygen atoms in total. The molecule has 1 aliphatic carbocycles. The Bertz CT molecular complexity index is 1320. The first kappa shape index (κ1) is 22.1. The zero-order chi connectivity index (χ0) is 23.8. The second kappa shape index (κ2) is 7.13. The molecule has 0 saturated carbocycles. The van der Waals surface area contributed by atoms with Gasteiger partial charge in [-0.1, -0.05) is 50.2 Å². The van der Waals surface area contributed by atoms with E-state index in [1.165, 1.54) is 24.3 Å². The summed E-state index contributed by atoms with van der Waals surface area (Å²) < 4.78 is 97.8. The molecule has 172 valence electrons. The Morgan fingerprint density at radius 1 is 0.727 bits per heavy atom. The highest BCUT2D eigenvalue weighted by molar-refractivity contribution is 7.19. The monoisotopic (exact) mass is 480 g/mol. The van der Waals surface area contributed by atoms with E-state index in [1.54, 1.807) is 38.1 Å². The summed E-state index contributed by atoms with van der Waals surface area (Å²) in [6.45, 7) is 3.28. The summed E-state index contributed by atoms with van der Waals surface area (Å²) in [4.78, 5) is 0.350. The van der Waals surface area contributed by atoms with Crippen LogP contribution in [0.3, 0.4) is 0 Å². The first-order valence-corrected chi connectivity index (χ1v) is 11.3. The van der Waals surface area contributed by atoms with Gasteiger partial charge in [0.15, 0.2) is 0 Å². The van der Waals surface area contributed by atoms with Crippen molar-refractivity contribution in [3.05, 3.63) is 70.3 Å². The molecule has 4 aromatic rings. The molecule has 0 unspecified atom stereocenters. The summed E-state index contributed by atoms with van der Waals surface area (Å²) in [6.07, 6.45) is 0.296. The molecular formula is C25H18F6OS. The van der Waals surface area contributed by atoms with Crippen LogP contribution in [0.4, 0.5) is 26.3 Å². The third kappa shape index (κ3) is 2.73. The normalized spacial score (nSPS) is 19.2. The molecule has 0 N–H and O–H groups in total. The van der Waals surface area contributed by atoms with Gasteiger partial charge in [0, 0.05) is 49.0 Å². The smallest absolute Gasteiger partial charge is 0.380 e. The topological polar surface area (TPSA) is 13.1 Å². The number of rotatable bonds is 4. The number of aryl methyl sites for hydroxylation is 2. The molecule has 2 heterocycles. The highest BCUT2D eigenvalue weighted by Gasteiger charge is 2.80. The molecule has 0 radical (unpaired) electrons. The molecule has 0 saturated heterocycles. The Morgan fingerprint density at radius 2 is 1.30 bits per heavy atom. The van der Waals surface area contributed by atoms with Crippen LogP contribution in [0.25, 0.3) is 32.2 Å². The van der Waals surface area contributed by atoms with Gasteiger partial charge in [-0.2, -0.15) is 26.3 Å². The van der Waals surface area contributed by atoms with Crippen molar-refractivity contribution in [3.63, 3.8) is 0 Å². The van der Waals surface area contributed by atoms with E-state index < -0.39 is 28.9 Å². The maximum absolute atomic E-state index is 15.5. The fourth-order valence-corrected chi connectivity index (χ4v) is 5.78. The number of para-hydroxylation sites is 1. The first-order valence-electron chi connectivity index (χ1n) is 10.5. The number of halogens is 6. The predicted octanol–water partition coefficient (Wildman–Crippen LogP) is 8.60. The molecule has 8 heteroatoms. The Morgan fingerprint density at radius 3 is 1.94 bits per heavy atom. The van der Waals surface area contributed by atoms with Crippen molar-refractivity contribution < 1.29 is 30.8 Å². The van der Waals surface area contributed by atoms with Gasteiger partial charge in [0.25, 0.3) is 0 Å². The summed E-state index contributed by atoms with van der Waals surface area (Å²) in [5.41, 5.74) is -3.09. The molecule has 2 aromatic heterocycles. The molecule has 0 fully saturated rings. The molecule has 0 bridgehead atoms. The van der Waals surface area contributed by atoms with Crippen molar-refractivity contribution in [1.82, 2.24) is 0 Å². The van der Waals surface area contributed by atoms with Crippen molar-refractivity contribution in [2.24, 2.45) is 0 Å². The molecule has 0 aliphatic heterocycles. The summed E-state index contributed by atoms with van der Waals surface area (Å²) in [5, 5.41) is 0.360. The number of hydrogen-bond acceptors (Lipinski definition) is 2. The third-order valence-corrected chi connectivity index (χ3v) is 7.46. The molecule has 5 rings (SSSR count). The van der Waals surface area contributed by atoms with E-state index in [0.29, 0.717) is 9.58 Å². The van der Waals surface area contributed by atoms with E-state index in [2.05, 4.69) is 0 Å². The van der Waals surface area contributed by atoms with Gasteiger partial charge >= 0.3 is 17.8 Å². The molecule has 0 amide bonds. The lowest BCUT2D eigenvalue weighted by atomic mass is 9.90. The van der Waals surface area contributed by atoms with Crippen LogP contribution >= 0.6 is 11.3 Å². The van der Waals surface area contributed by atoms with Crippen molar-refractivity contribution in [2.75, 3.05) is 0 Å². The standard InChI is InChI=1S/C25H18F6OS/c1-3-15-19(13-9-5-7-11-16(13)32-15)21-22(24(28,29)25(30,31)23(21,26)27)20-14-10-6-8-12-18(14)33-17(20)4-2/h5-12H,3-4H2,1-2H3. The lowest BCUT2D eigenvalue weighted by Gasteiger charge is -2.26. The Hall–Kier alpha value is -2.74. The van der Waals surface area contributed by atoms with Gasteiger partial charge in [0.2, 0.25) is 0 Å². The largest absolute Gasteiger partial charge is 0.460 e. The summed E-state index contributed by atoms with van der Waals surface area (Å²) in [5.74, 6) is -15.9. The van der Waals surface area contributed by atoms with Gasteiger partial charge in [-0.15, -0.1) is 11.3 Å². The van der Waals surface area contributed by atoms with Crippen LogP contribution in [-0.2, 0) is 12.8 Å². The van der Waals surface area contributed by atoms with Crippen LogP contribution in [0.15, 0.2) is 52.9 Å². The minimum atomic E-state index is -5.61. The van der Waals surface area contributed by atoms with E-state index in [1.807, 2.05) is 0 Å². The minimum Gasteiger partial charge on any atom is -0.460 e. The van der Waals surface area contributed by atoms with Gasteiger partial charge in [0.1, 0.15) is 11.3 Å². The molecular weight excluding hydrogens is 462 g/mol. The van der Waals surface area contributed by atoms with Gasteiger partial charge in [-0.3, -0.25) is 0 Å². The van der Waals surface area contributed by atoms with E-state index in [4.69, 9.17) is 4.42 Å². The number of hydrogen-bond donors (Lipinski definition) is 0. The minimum absolute atomic E-state index is 0.0329. The van der Waals surface area contributed by atoms with Gasteiger partial charge in [0.05, 0.1) is 0 Å². The Balaban J connectivity index is 2.01. The molecule has 0 spiro atoms. The van der Waals surface area contributed by atoms with E-state index in [9.17, 15) is 8.78 Å². The number of benzene rings is 2. The fraction of sp³-hybridized carbons (Fsp3) is 0.280.